The summed E-state index contributed by atoms with van der Waals surface area (Å²) >= 11 is 0.950. The summed E-state index contributed by atoms with van der Waals surface area (Å²) in [6.07, 6.45) is 0.959. The number of nitrogens with zero attached hydrogens (tertiary/aromatic N) is 2. The normalized spacial score (nSPS) is 18.1. The van der Waals surface area contributed by atoms with E-state index in [4.69, 9.17) is 9.47 Å². The summed E-state index contributed by atoms with van der Waals surface area (Å²) in [6.45, 7) is -0.610. The Morgan fingerprint density at radius 3 is 2.73 bits per heavy atom. The van der Waals surface area contributed by atoms with E-state index in [2.05, 4.69) is 15.5 Å². The van der Waals surface area contributed by atoms with E-state index in [0.29, 0.717) is 11.3 Å². The van der Waals surface area contributed by atoms with Crippen LogP contribution in [0.2, 0.25) is 0 Å². The lowest BCUT2D eigenvalue weighted by atomic mass is 10.2. The predicted molar refractivity (Wildman–Crippen MR) is 87.7 cm³/mol. The second kappa shape index (κ2) is 8.85. The quantitative estimate of drug-likeness (QED) is 0.398. The van der Waals surface area contributed by atoms with Gasteiger partial charge >= 0.3 is 0 Å². The highest BCUT2D eigenvalue weighted by molar-refractivity contribution is 8.15. The molecule has 1 heterocycles. The van der Waals surface area contributed by atoms with Gasteiger partial charge in [-0.2, -0.15) is 5.10 Å². The number of nitrogens with one attached hydrogen (secondary N) is 1. The van der Waals surface area contributed by atoms with Gasteiger partial charge in [-0.05, 0) is 23.8 Å². The molecule has 1 atom stereocenters. The minimum atomic E-state index is -1.36. The van der Waals surface area contributed by atoms with Gasteiger partial charge in [-0.3, -0.25) is 4.79 Å². The first-order chi connectivity index (χ1) is 12.4. The van der Waals surface area contributed by atoms with Crippen LogP contribution in [0.1, 0.15) is 12.0 Å². The van der Waals surface area contributed by atoms with E-state index in [9.17, 15) is 24.6 Å². The van der Waals surface area contributed by atoms with E-state index in [1.807, 2.05) is 0 Å². The summed E-state index contributed by atoms with van der Waals surface area (Å²) in [7, 11) is 1.39. The minimum Gasteiger partial charge on any atom is -0.550 e. The standard InChI is InChI=1S/C15H15N3O7S/c1-24-10-4-8(2-3-9(10)25-7-13(21)22)6-16-18-15-17-14(23)11(26-15)5-12(19)20/h2-4,6,11H,5,7H2,1H3,(H,19,20)(H,21,22)(H,17,18,23)/p-2/b16-6-/t11-/m0/s1. The lowest BCUT2D eigenvalue weighted by Crippen LogP contribution is -2.31. The zero-order chi connectivity index (χ0) is 19.1. The monoisotopic (exact) mass is 379 g/mol. The van der Waals surface area contributed by atoms with Crippen LogP contribution < -0.4 is 25.0 Å². The molecular formula is C15H13N3O7S-2. The molecule has 2 rings (SSSR count). The number of thioether (sulfide) groups is 1. The van der Waals surface area contributed by atoms with E-state index >= 15 is 0 Å². The van der Waals surface area contributed by atoms with Crippen LogP contribution in [0.25, 0.3) is 0 Å². The van der Waals surface area contributed by atoms with Gasteiger partial charge in [0.05, 0.1) is 24.5 Å². The van der Waals surface area contributed by atoms with Crippen LogP contribution in [-0.4, -0.2) is 48.2 Å². The Bertz CT molecular complexity index is 779. The summed E-state index contributed by atoms with van der Waals surface area (Å²) in [6, 6.07) is 4.64. The van der Waals surface area contributed by atoms with Crippen molar-refractivity contribution in [3.8, 4) is 11.5 Å². The highest BCUT2D eigenvalue weighted by Crippen LogP contribution is 2.27. The summed E-state index contributed by atoms with van der Waals surface area (Å²) in [5, 5.41) is 30.4. The first-order valence-electron chi connectivity index (χ1n) is 7.18. The summed E-state index contributed by atoms with van der Waals surface area (Å²) < 4.78 is 10.1. The average molecular weight is 379 g/mol. The molecule has 138 valence electrons. The number of hydrogen-bond donors (Lipinski definition) is 1. The van der Waals surface area contributed by atoms with Crippen LogP contribution in [0.3, 0.4) is 0 Å². The second-order valence-corrected chi connectivity index (χ2v) is 6.08. The number of ether oxygens (including phenoxy) is 2. The van der Waals surface area contributed by atoms with Crippen LogP contribution in [-0.2, 0) is 14.4 Å². The van der Waals surface area contributed by atoms with Gasteiger partial charge in [-0.25, -0.2) is 0 Å². The molecule has 0 unspecified atom stereocenters. The highest BCUT2D eigenvalue weighted by Gasteiger charge is 2.30. The van der Waals surface area contributed by atoms with E-state index in [1.54, 1.807) is 12.1 Å². The van der Waals surface area contributed by atoms with Crippen molar-refractivity contribution in [2.24, 2.45) is 10.2 Å². The molecule has 0 aliphatic carbocycles. The molecule has 1 amide bonds. The smallest absolute Gasteiger partial charge is 0.239 e. The van der Waals surface area contributed by atoms with Crippen molar-refractivity contribution in [1.82, 2.24) is 5.32 Å². The maximum atomic E-state index is 11.6. The summed E-state index contributed by atoms with van der Waals surface area (Å²) in [5.74, 6) is -2.63. The number of carboxylic acids is 2. The van der Waals surface area contributed by atoms with Gasteiger partial charge < -0.3 is 34.6 Å². The molecule has 1 aromatic carbocycles. The van der Waals surface area contributed by atoms with E-state index in [0.717, 1.165) is 11.8 Å². The van der Waals surface area contributed by atoms with Crippen LogP contribution in [0, 0.1) is 0 Å². The molecule has 0 spiro atoms. The molecule has 0 aromatic heterocycles. The fraction of sp³-hybridized carbons (Fsp3) is 0.267. The number of hydrogen-bond acceptors (Lipinski definition) is 10. The van der Waals surface area contributed by atoms with Gasteiger partial charge in [-0.15, -0.1) is 5.10 Å². The maximum absolute atomic E-state index is 11.6. The number of carboxylic acid groups (broad SMARTS) is 2. The van der Waals surface area contributed by atoms with E-state index < -0.39 is 36.1 Å². The van der Waals surface area contributed by atoms with Gasteiger partial charge in [0.25, 0.3) is 0 Å². The minimum absolute atomic E-state index is 0.179. The van der Waals surface area contributed by atoms with E-state index in [1.165, 1.54) is 19.4 Å². The van der Waals surface area contributed by atoms with Crippen LogP contribution >= 0.6 is 11.8 Å². The third-order valence-electron chi connectivity index (χ3n) is 3.02. The molecule has 1 aliphatic heterocycles. The van der Waals surface area contributed by atoms with Crippen molar-refractivity contribution in [3.63, 3.8) is 0 Å². The van der Waals surface area contributed by atoms with Gasteiger partial charge in [0.1, 0.15) is 6.61 Å². The Balaban J connectivity index is 2.03. The molecule has 1 aliphatic rings. The number of carbonyl (C=O) groups excluding carboxylic acids is 3. The van der Waals surface area contributed by atoms with E-state index in [-0.39, 0.29) is 10.9 Å². The molecular weight excluding hydrogens is 366 g/mol. The molecule has 1 fully saturated rings. The van der Waals surface area contributed by atoms with Gasteiger partial charge in [0, 0.05) is 12.4 Å². The first kappa shape index (κ1) is 19.2. The van der Waals surface area contributed by atoms with Gasteiger partial charge in [-0.1, -0.05) is 11.8 Å². The van der Waals surface area contributed by atoms with Gasteiger partial charge in [0.2, 0.25) is 5.91 Å². The molecule has 11 heteroatoms. The number of amides is 1. The molecule has 0 saturated carbocycles. The summed E-state index contributed by atoms with van der Waals surface area (Å²) in [5.41, 5.74) is 0.576. The topological polar surface area (TPSA) is 153 Å². The number of amidine groups is 1. The third-order valence-corrected chi connectivity index (χ3v) is 4.09. The molecule has 26 heavy (non-hydrogen) atoms. The second-order valence-electron chi connectivity index (χ2n) is 4.89. The molecule has 0 radical (unpaired) electrons. The number of rotatable bonds is 8. The predicted octanol–water partition coefficient (Wildman–Crippen LogP) is -2.11. The number of carbonyl (C=O) groups is 3. The fourth-order valence-corrected chi connectivity index (χ4v) is 2.81. The average Bonchev–Trinajstić information content (AvgIpc) is 2.92. The molecule has 0 bridgehead atoms. The largest absolute Gasteiger partial charge is 0.550 e. The van der Waals surface area contributed by atoms with Crippen LogP contribution in [0.5, 0.6) is 11.5 Å². The lowest BCUT2D eigenvalue weighted by molar-refractivity contribution is -0.308. The Morgan fingerprint density at radius 2 is 2.08 bits per heavy atom. The van der Waals surface area contributed by atoms with Crippen LogP contribution in [0.4, 0.5) is 0 Å². The Hall–Kier alpha value is -3.08. The number of aliphatic carboxylic acids is 2. The SMILES string of the molecule is COc1cc(/C=N\N=C2\NC(=O)[C@H](CC(=O)[O-])S2)ccc1OCC(=O)[O-]. The Kier molecular flexibility index (Phi) is 6.55. The zero-order valence-electron chi connectivity index (χ0n) is 13.5. The molecule has 1 N–H and O–H groups in total. The molecule has 10 nitrogen and oxygen atoms in total. The first-order valence-corrected chi connectivity index (χ1v) is 8.06. The van der Waals surface area contributed by atoms with Crippen LogP contribution in [0.15, 0.2) is 28.4 Å². The van der Waals surface area contributed by atoms with Crippen molar-refractivity contribution < 1.29 is 34.1 Å². The Morgan fingerprint density at radius 1 is 1.31 bits per heavy atom. The van der Waals surface area contributed by atoms with Crippen molar-refractivity contribution in [3.05, 3.63) is 23.8 Å². The zero-order valence-corrected chi connectivity index (χ0v) is 14.3. The van der Waals surface area contributed by atoms with Crippen molar-refractivity contribution >= 4 is 41.0 Å². The lowest BCUT2D eigenvalue weighted by Gasteiger charge is -2.11. The van der Waals surface area contributed by atoms with Gasteiger partial charge in [0.15, 0.2) is 16.7 Å². The van der Waals surface area contributed by atoms with Crippen molar-refractivity contribution in [2.75, 3.05) is 13.7 Å². The highest BCUT2D eigenvalue weighted by atomic mass is 32.2. The maximum Gasteiger partial charge on any atom is 0.239 e. The summed E-state index contributed by atoms with van der Waals surface area (Å²) in [4.78, 5) is 32.5. The van der Waals surface area contributed by atoms with Crippen molar-refractivity contribution in [2.45, 2.75) is 11.7 Å². The number of benzene rings is 1. The number of methoxy groups -OCH3 is 1. The molecule has 1 saturated heterocycles. The van der Waals surface area contributed by atoms with Crippen molar-refractivity contribution in [1.29, 1.82) is 0 Å². The molecule has 1 aromatic rings. The fourth-order valence-electron chi connectivity index (χ4n) is 1.91. The Labute approximate surface area is 151 Å². The third kappa shape index (κ3) is 5.48.